The number of alkyl halides is 1. The summed E-state index contributed by atoms with van der Waals surface area (Å²) in [6.45, 7) is 1.98. The zero-order valence-corrected chi connectivity index (χ0v) is 18.6. The molecule has 176 valence electrons. The first-order valence-electron chi connectivity index (χ1n) is 10.5. The molecule has 2 fully saturated rings. The first-order valence-corrected chi connectivity index (χ1v) is 11.6. The Hall–Kier alpha value is -2.53. The lowest BCUT2D eigenvalue weighted by Crippen LogP contribution is -2.56. The summed E-state index contributed by atoms with van der Waals surface area (Å²) in [6, 6.07) is 2.26. The van der Waals surface area contributed by atoms with Crippen LogP contribution in [0.15, 0.2) is 18.2 Å². The van der Waals surface area contributed by atoms with Gasteiger partial charge in [0.25, 0.3) is 0 Å². The van der Waals surface area contributed by atoms with Gasteiger partial charge in [0.1, 0.15) is 24.4 Å². The average Bonchev–Trinajstić information content (AvgIpc) is 3.24. The van der Waals surface area contributed by atoms with Crippen molar-refractivity contribution in [3.05, 3.63) is 23.8 Å². The lowest BCUT2D eigenvalue weighted by molar-refractivity contribution is -0.146. The highest BCUT2D eigenvalue weighted by atomic mass is 32.2. The molecule has 11 heteroatoms. The number of nitrogens with one attached hydrogen (secondary N) is 1. The number of carbonyl (C=O) groups excluding carboxylic acids is 3. The van der Waals surface area contributed by atoms with E-state index < -0.39 is 36.2 Å². The molecule has 3 amide bonds. The zero-order chi connectivity index (χ0) is 23.4. The maximum atomic E-state index is 13.7. The van der Waals surface area contributed by atoms with Crippen molar-refractivity contribution in [2.75, 3.05) is 24.7 Å². The third kappa shape index (κ3) is 5.63. The highest BCUT2D eigenvalue weighted by Crippen LogP contribution is 2.26. The predicted octanol–water partition coefficient (Wildman–Crippen LogP) is 0.368. The molecule has 0 spiro atoms. The third-order valence-electron chi connectivity index (χ3n) is 5.63. The van der Waals surface area contributed by atoms with Crippen molar-refractivity contribution >= 4 is 29.5 Å². The Kier molecular flexibility index (Phi) is 7.83. The van der Waals surface area contributed by atoms with Crippen LogP contribution in [0.2, 0.25) is 0 Å². The largest absolute Gasteiger partial charge is 0.504 e. The van der Waals surface area contributed by atoms with Crippen LogP contribution in [0.1, 0.15) is 25.3 Å². The molecule has 4 atom stereocenters. The van der Waals surface area contributed by atoms with Crippen molar-refractivity contribution < 1.29 is 34.1 Å². The molecule has 9 nitrogen and oxygen atoms in total. The van der Waals surface area contributed by atoms with Crippen LogP contribution >= 0.6 is 11.8 Å². The van der Waals surface area contributed by atoms with Gasteiger partial charge >= 0.3 is 0 Å². The average molecular weight is 470 g/mol. The van der Waals surface area contributed by atoms with E-state index in [0.717, 1.165) is 0 Å². The number of aromatic hydroxyl groups is 2. The van der Waals surface area contributed by atoms with Crippen LogP contribution in [0.3, 0.4) is 0 Å². The highest BCUT2D eigenvalue weighted by Gasteiger charge is 2.40. The number of amides is 3. The number of benzene rings is 1. The molecule has 1 aromatic carbocycles. The van der Waals surface area contributed by atoms with E-state index in [1.54, 1.807) is 0 Å². The molecule has 2 aliphatic rings. The summed E-state index contributed by atoms with van der Waals surface area (Å²) >= 11 is 1.42. The number of halogens is 1. The molecular formula is C21H28FN3O6S. The second-order valence-corrected chi connectivity index (χ2v) is 9.12. The topological polar surface area (TPSA) is 130 Å². The van der Waals surface area contributed by atoms with E-state index in [1.807, 2.05) is 0 Å². The van der Waals surface area contributed by atoms with Crippen molar-refractivity contribution in [1.82, 2.24) is 15.1 Å². The summed E-state index contributed by atoms with van der Waals surface area (Å²) in [5.41, 5.74) is 0.427. The van der Waals surface area contributed by atoms with Gasteiger partial charge in [-0.05, 0) is 37.5 Å². The molecule has 3 rings (SSSR count). The van der Waals surface area contributed by atoms with E-state index in [2.05, 4.69) is 5.32 Å². The molecule has 4 N–H and O–H groups in total. The predicted molar refractivity (Wildman–Crippen MR) is 116 cm³/mol. The van der Waals surface area contributed by atoms with Gasteiger partial charge in [-0.2, -0.15) is 0 Å². The fraction of sp³-hybridized carbons (Fsp3) is 0.571. The van der Waals surface area contributed by atoms with Crippen molar-refractivity contribution in [2.45, 2.75) is 50.5 Å². The normalized spacial score (nSPS) is 23.0. The number of rotatable bonds is 6. The lowest BCUT2D eigenvalue weighted by atomic mass is 10.1. The number of carbonyl (C=O) groups is 3. The number of phenols is 2. The highest BCUT2D eigenvalue weighted by molar-refractivity contribution is 7.99. The van der Waals surface area contributed by atoms with Crippen LogP contribution in [0, 0.1) is 0 Å². The maximum absolute atomic E-state index is 13.7. The molecule has 0 aliphatic carbocycles. The van der Waals surface area contributed by atoms with Gasteiger partial charge < -0.3 is 30.4 Å². The number of likely N-dealkylation sites (tertiary alicyclic amines) is 1. The second kappa shape index (κ2) is 10.4. The summed E-state index contributed by atoms with van der Waals surface area (Å²) in [5, 5.41) is 31.5. The second-order valence-electron chi connectivity index (χ2n) is 8.12. The minimum absolute atomic E-state index is 0.0350. The molecule has 2 saturated heterocycles. The van der Waals surface area contributed by atoms with Crippen LogP contribution < -0.4 is 5.32 Å². The molecule has 0 saturated carbocycles. The van der Waals surface area contributed by atoms with E-state index in [1.165, 1.54) is 46.7 Å². The van der Waals surface area contributed by atoms with Crippen molar-refractivity contribution in [2.24, 2.45) is 0 Å². The fourth-order valence-electron chi connectivity index (χ4n) is 3.83. The van der Waals surface area contributed by atoms with E-state index in [9.17, 15) is 34.1 Å². The lowest BCUT2D eigenvalue weighted by Gasteiger charge is -2.34. The monoisotopic (exact) mass is 469 g/mol. The van der Waals surface area contributed by atoms with Gasteiger partial charge in [-0.25, -0.2) is 4.39 Å². The van der Waals surface area contributed by atoms with E-state index >= 15 is 0 Å². The van der Waals surface area contributed by atoms with Crippen LogP contribution in [-0.2, 0) is 20.8 Å². The van der Waals surface area contributed by atoms with Gasteiger partial charge in [-0.1, -0.05) is 6.07 Å². The number of hydrogen-bond acceptors (Lipinski definition) is 7. The Morgan fingerprint density at radius 3 is 2.72 bits per heavy atom. The molecule has 0 bridgehead atoms. The number of aliphatic hydroxyl groups excluding tert-OH is 1. The summed E-state index contributed by atoms with van der Waals surface area (Å²) in [7, 11) is 0. The van der Waals surface area contributed by atoms with E-state index in [-0.39, 0.29) is 36.2 Å². The Morgan fingerprint density at radius 1 is 1.28 bits per heavy atom. The van der Waals surface area contributed by atoms with Crippen molar-refractivity contribution in [3.63, 3.8) is 0 Å². The number of phenolic OH excluding ortho intramolecular Hbond substituents is 2. The fourth-order valence-corrected chi connectivity index (χ4v) is 4.99. The molecular weight excluding hydrogens is 441 g/mol. The van der Waals surface area contributed by atoms with Crippen LogP contribution in [0.25, 0.3) is 0 Å². The SMILES string of the molecule is C[C@H](NC(=O)[C@H](O)Cc1ccc(O)c(O)c1)C(=O)N1CSC[C@H]1C(=O)N1CCCC(F)C1. The third-order valence-corrected chi connectivity index (χ3v) is 6.64. The first-order chi connectivity index (χ1) is 15.2. The van der Waals surface area contributed by atoms with Gasteiger partial charge in [-0.3, -0.25) is 14.4 Å². The number of aliphatic hydroxyl groups is 1. The van der Waals surface area contributed by atoms with E-state index in [4.69, 9.17) is 0 Å². The summed E-state index contributed by atoms with van der Waals surface area (Å²) in [5.74, 6) is -1.49. The van der Waals surface area contributed by atoms with Gasteiger partial charge in [0.15, 0.2) is 11.5 Å². The van der Waals surface area contributed by atoms with Gasteiger partial charge in [0.05, 0.1) is 12.4 Å². The van der Waals surface area contributed by atoms with E-state index in [0.29, 0.717) is 30.7 Å². The van der Waals surface area contributed by atoms with Crippen LogP contribution in [0.5, 0.6) is 11.5 Å². The molecule has 2 heterocycles. The minimum Gasteiger partial charge on any atom is -0.504 e. The van der Waals surface area contributed by atoms with Gasteiger partial charge in [-0.15, -0.1) is 11.8 Å². The Bertz CT molecular complexity index is 872. The number of hydrogen-bond donors (Lipinski definition) is 4. The first kappa shape index (κ1) is 24.1. The van der Waals surface area contributed by atoms with Gasteiger partial charge in [0.2, 0.25) is 17.7 Å². The number of piperidine rings is 1. The molecule has 1 unspecified atom stereocenters. The van der Waals surface area contributed by atoms with Crippen molar-refractivity contribution in [1.29, 1.82) is 0 Å². The van der Waals surface area contributed by atoms with Crippen molar-refractivity contribution in [3.8, 4) is 11.5 Å². The van der Waals surface area contributed by atoms with Gasteiger partial charge in [0, 0.05) is 18.7 Å². The molecule has 0 radical (unpaired) electrons. The molecule has 32 heavy (non-hydrogen) atoms. The smallest absolute Gasteiger partial charge is 0.249 e. The van der Waals surface area contributed by atoms with Crippen LogP contribution in [0.4, 0.5) is 4.39 Å². The minimum atomic E-state index is -1.48. The Balaban J connectivity index is 1.56. The standard InChI is InChI=1S/C21H28FN3O6S/c1-12(23-19(29)18(28)8-13-4-5-16(26)17(27)7-13)20(30)25-11-32-10-15(25)21(31)24-6-2-3-14(22)9-24/h4-5,7,12,14-15,18,26-28H,2-3,6,8-11H2,1H3,(H,23,29)/t12-,14?,15-,18+/m0/s1. The quantitative estimate of drug-likeness (QED) is 0.443. The summed E-state index contributed by atoms with van der Waals surface area (Å²) < 4.78 is 13.7. The maximum Gasteiger partial charge on any atom is 0.249 e. The molecule has 1 aromatic rings. The number of nitrogens with zero attached hydrogens (tertiary/aromatic N) is 2. The molecule has 2 aliphatic heterocycles. The zero-order valence-electron chi connectivity index (χ0n) is 17.7. The van der Waals surface area contributed by atoms with Crippen LogP contribution in [-0.4, -0.2) is 91.9 Å². The Morgan fingerprint density at radius 2 is 2.03 bits per heavy atom. The summed E-state index contributed by atoms with van der Waals surface area (Å²) in [6.07, 6.45) is -1.64. The Labute approximate surface area is 189 Å². The summed E-state index contributed by atoms with van der Waals surface area (Å²) in [4.78, 5) is 41.0. The molecule has 0 aromatic heterocycles. The number of thioether (sulfide) groups is 1.